The third kappa shape index (κ3) is 6.49. The number of alkyl halides is 3. The molecular weight excluding hydrogens is 578 g/mol. The number of amides is 1. The monoisotopic (exact) mass is 605 g/mol. The fourth-order valence-corrected chi connectivity index (χ4v) is 5.62. The molecule has 0 spiro atoms. The van der Waals surface area contributed by atoms with Crippen LogP contribution in [0.1, 0.15) is 35.6 Å². The van der Waals surface area contributed by atoms with Gasteiger partial charge in [-0.05, 0) is 67.4 Å². The van der Waals surface area contributed by atoms with Gasteiger partial charge in [0.15, 0.2) is 0 Å². The number of benzene rings is 2. The summed E-state index contributed by atoms with van der Waals surface area (Å²) < 4.78 is 43.1. The fourth-order valence-electron chi connectivity index (χ4n) is 5.14. The quantitative estimate of drug-likeness (QED) is 0.252. The lowest BCUT2D eigenvalue weighted by Gasteiger charge is -2.42. The van der Waals surface area contributed by atoms with Crippen LogP contribution < -0.4 is 19.9 Å². The molecule has 0 aliphatic carbocycles. The molecule has 1 aliphatic heterocycles. The van der Waals surface area contributed by atoms with E-state index in [4.69, 9.17) is 23.2 Å². The number of hydrogen-bond acceptors (Lipinski definition) is 5. The van der Waals surface area contributed by atoms with Gasteiger partial charge in [-0.25, -0.2) is 4.98 Å². The van der Waals surface area contributed by atoms with Crippen molar-refractivity contribution in [2.24, 2.45) is 0 Å². The molecule has 216 valence electrons. The summed E-state index contributed by atoms with van der Waals surface area (Å²) in [5, 5.41) is 4.05. The first-order chi connectivity index (χ1) is 19.5. The van der Waals surface area contributed by atoms with E-state index >= 15 is 0 Å². The molecule has 1 fully saturated rings. The van der Waals surface area contributed by atoms with Crippen LogP contribution in [0.25, 0.3) is 5.65 Å². The molecule has 3 heterocycles. The van der Waals surface area contributed by atoms with Gasteiger partial charge >= 0.3 is 6.36 Å². The first kappa shape index (κ1) is 28.9. The van der Waals surface area contributed by atoms with Crippen molar-refractivity contribution >= 4 is 46.1 Å². The number of carbonyl (C=O) groups is 1. The summed E-state index contributed by atoms with van der Waals surface area (Å²) in [5.74, 6) is -0.496. The predicted octanol–water partition coefficient (Wildman–Crippen LogP) is 6.75. The summed E-state index contributed by atoms with van der Waals surface area (Å²) in [6.07, 6.45) is -2.43. The standard InChI is InChI=1S/C29H28Cl2F3N5O2/c1-3-24-27(39-17-20(30)5-11-26(39)36-24)28(40)35-15-19-4-10-25(23(31)14-19)37-12-13-38(18(2)16-37)21-6-8-22(9-7-21)41-29(32,33)34/h4-11,14,17-18H,3,12-13,15-16H2,1-2H3,(H,35,40)/t18-/m0/s1. The highest BCUT2D eigenvalue weighted by atomic mass is 35.5. The van der Waals surface area contributed by atoms with Crippen molar-refractivity contribution < 1.29 is 22.7 Å². The van der Waals surface area contributed by atoms with Gasteiger partial charge in [-0.3, -0.25) is 9.20 Å². The predicted molar refractivity (Wildman–Crippen MR) is 154 cm³/mol. The second kappa shape index (κ2) is 11.7. The fraction of sp³-hybridized carbons (Fsp3) is 0.310. The molecule has 1 amide bonds. The molecule has 4 aromatic rings. The Morgan fingerprint density at radius 1 is 1.10 bits per heavy atom. The van der Waals surface area contributed by atoms with E-state index in [-0.39, 0.29) is 24.2 Å². The van der Waals surface area contributed by atoms with E-state index in [9.17, 15) is 18.0 Å². The molecule has 0 unspecified atom stereocenters. The van der Waals surface area contributed by atoms with Gasteiger partial charge in [-0.1, -0.05) is 36.2 Å². The molecular formula is C29H28Cl2F3N5O2. The number of piperazine rings is 1. The van der Waals surface area contributed by atoms with Crippen LogP contribution in [0.5, 0.6) is 5.75 Å². The molecule has 5 rings (SSSR count). The number of anilines is 2. The Labute approximate surface area is 245 Å². The Balaban J connectivity index is 1.22. The number of ether oxygens (including phenoxy) is 1. The Hall–Kier alpha value is -3.63. The van der Waals surface area contributed by atoms with Gasteiger partial charge in [0.25, 0.3) is 5.91 Å². The zero-order chi connectivity index (χ0) is 29.3. The van der Waals surface area contributed by atoms with E-state index < -0.39 is 6.36 Å². The van der Waals surface area contributed by atoms with E-state index in [1.165, 1.54) is 12.1 Å². The number of fused-ring (bicyclic) bond motifs is 1. The number of carbonyl (C=O) groups excluding carboxylic acids is 1. The van der Waals surface area contributed by atoms with Crippen molar-refractivity contribution in [1.29, 1.82) is 0 Å². The molecule has 0 bridgehead atoms. The van der Waals surface area contributed by atoms with Crippen LogP contribution in [-0.4, -0.2) is 47.3 Å². The first-order valence-corrected chi connectivity index (χ1v) is 13.9. The molecule has 0 radical (unpaired) electrons. The average molecular weight is 606 g/mol. The molecule has 12 heteroatoms. The maximum atomic E-state index is 13.1. The average Bonchev–Trinajstić information content (AvgIpc) is 3.29. The molecule has 0 saturated carbocycles. The summed E-state index contributed by atoms with van der Waals surface area (Å²) in [5.41, 5.74) is 4.37. The zero-order valence-corrected chi connectivity index (χ0v) is 23.9. The minimum absolute atomic E-state index is 0.0832. The highest BCUT2D eigenvalue weighted by Crippen LogP contribution is 2.32. The summed E-state index contributed by atoms with van der Waals surface area (Å²) in [6.45, 7) is 6.31. The molecule has 1 saturated heterocycles. The third-order valence-electron chi connectivity index (χ3n) is 7.04. The van der Waals surface area contributed by atoms with Crippen molar-refractivity contribution in [1.82, 2.24) is 14.7 Å². The molecule has 1 atom stereocenters. The first-order valence-electron chi connectivity index (χ1n) is 13.1. The largest absolute Gasteiger partial charge is 0.573 e. The van der Waals surface area contributed by atoms with Crippen LogP contribution >= 0.6 is 23.2 Å². The Kier molecular flexibility index (Phi) is 8.24. The lowest BCUT2D eigenvalue weighted by molar-refractivity contribution is -0.274. The van der Waals surface area contributed by atoms with Gasteiger partial charge < -0.3 is 19.9 Å². The van der Waals surface area contributed by atoms with Crippen LogP contribution in [0.3, 0.4) is 0 Å². The summed E-state index contributed by atoms with van der Waals surface area (Å²) in [7, 11) is 0. The molecule has 2 aromatic heterocycles. The van der Waals surface area contributed by atoms with Crippen LogP contribution in [-0.2, 0) is 13.0 Å². The maximum absolute atomic E-state index is 13.1. The SMILES string of the molecule is CCc1nc2ccc(Cl)cn2c1C(=O)NCc1ccc(N2CCN(c3ccc(OC(F)(F)F)cc3)[C@@H](C)C2)c(Cl)c1. The van der Waals surface area contributed by atoms with Crippen LogP contribution in [0.15, 0.2) is 60.8 Å². The number of nitrogens with one attached hydrogen (secondary N) is 1. The molecule has 1 N–H and O–H groups in total. The molecule has 1 aliphatic rings. The van der Waals surface area contributed by atoms with Gasteiger partial charge in [0.1, 0.15) is 17.1 Å². The van der Waals surface area contributed by atoms with Crippen LogP contribution in [0, 0.1) is 0 Å². The minimum Gasteiger partial charge on any atom is -0.406 e. The normalized spacial score (nSPS) is 15.8. The number of aromatic nitrogens is 2. The van der Waals surface area contributed by atoms with E-state index in [0.29, 0.717) is 53.1 Å². The van der Waals surface area contributed by atoms with E-state index in [2.05, 4.69) is 31.8 Å². The van der Waals surface area contributed by atoms with Crippen LogP contribution in [0.4, 0.5) is 24.5 Å². The number of aryl methyl sites for hydroxylation is 1. The summed E-state index contributed by atoms with van der Waals surface area (Å²) in [4.78, 5) is 22.0. The lowest BCUT2D eigenvalue weighted by atomic mass is 10.1. The van der Waals surface area contributed by atoms with E-state index in [1.54, 1.807) is 34.9 Å². The molecule has 2 aromatic carbocycles. The van der Waals surface area contributed by atoms with Crippen molar-refractivity contribution in [3.63, 3.8) is 0 Å². The number of hydrogen-bond donors (Lipinski definition) is 1. The Morgan fingerprint density at radius 2 is 1.85 bits per heavy atom. The smallest absolute Gasteiger partial charge is 0.406 e. The van der Waals surface area contributed by atoms with Gasteiger partial charge in [-0.15, -0.1) is 13.2 Å². The second-order valence-corrected chi connectivity index (χ2v) is 10.7. The van der Waals surface area contributed by atoms with E-state index in [1.807, 2.05) is 25.1 Å². The third-order valence-corrected chi connectivity index (χ3v) is 7.57. The summed E-state index contributed by atoms with van der Waals surface area (Å²) >= 11 is 12.8. The lowest BCUT2D eigenvalue weighted by Crippen LogP contribution is -2.52. The maximum Gasteiger partial charge on any atom is 0.573 e. The molecule has 41 heavy (non-hydrogen) atoms. The Morgan fingerprint density at radius 3 is 2.51 bits per heavy atom. The number of nitrogens with zero attached hydrogens (tertiary/aromatic N) is 4. The van der Waals surface area contributed by atoms with Gasteiger partial charge in [0, 0.05) is 44.1 Å². The van der Waals surface area contributed by atoms with Gasteiger partial charge in [0.05, 0.1) is 21.4 Å². The highest BCUT2D eigenvalue weighted by Gasteiger charge is 2.31. The van der Waals surface area contributed by atoms with Gasteiger partial charge in [0.2, 0.25) is 0 Å². The zero-order valence-electron chi connectivity index (χ0n) is 22.4. The van der Waals surface area contributed by atoms with Crippen molar-refractivity contribution in [2.75, 3.05) is 29.4 Å². The minimum atomic E-state index is -4.72. The molecule has 7 nitrogen and oxygen atoms in total. The van der Waals surface area contributed by atoms with Crippen molar-refractivity contribution in [3.8, 4) is 5.75 Å². The van der Waals surface area contributed by atoms with Crippen molar-refractivity contribution in [2.45, 2.75) is 39.2 Å². The van der Waals surface area contributed by atoms with E-state index in [0.717, 1.165) is 16.9 Å². The Bertz CT molecular complexity index is 1560. The number of rotatable bonds is 7. The number of halogens is 5. The summed E-state index contributed by atoms with van der Waals surface area (Å²) in [6, 6.07) is 15.2. The van der Waals surface area contributed by atoms with Crippen molar-refractivity contribution in [3.05, 3.63) is 87.8 Å². The topological polar surface area (TPSA) is 62.1 Å². The number of pyridine rings is 1. The number of imidazole rings is 1. The second-order valence-electron chi connectivity index (χ2n) is 9.83. The van der Waals surface area contributed by atoms with Gasteiger partial charge in [-0.2, -0.15) is 0 Å². The highest BCUT2D eigenvalue weighted by molar-refractivity contribution is 6.33. The van der Waals surface area contributed by atoms with Crippen LogP contribution in [0.2, 0.25) is 10.0 Å².